The van der Waals surface area contributed by atoms with Crippen LogP contribution in [0.4, 0.5) is 0 Å². The maximum absolute atomic E-state index is 11.9. The van der Waals surface area contributed by atoms with Gasteiger partial charge in [-0.1, -0.05) is 28.1 Å². The van der Waals surface area contributed by atoms with Crippen LogP contribution in [-0.4, -0.2) is 31.7 Å². The zero-order chi connectivity index (χ0) is 13.7. The Labute approximate surface area is 122 Å². The first-order chi connectivity index (χ1) is 9.15. The number of rotatable bonds is 4. The molecule has 2 unspecified atom stereocenters. The first-order valence-electron chi connectivity index (χ1n) is 6.51. The van der Waals surface area contributed by atoms with Crippen molar-refractivity contribution in [2.24, 2.45) is 0 Å². The van der Waals surface area contributed by atoms with Crippen LogP contribution in [0.5, 0.6) is 0 Å². The van der Waals surface area contributed by atoms with Gasteiger partial charge >= 0.3 is 0 Å². The van der Waals surface area contributed by atoms with Crippen molar-refractivity contribution in [3.8, 4) is 0 Å². The number of benzene rings is 1. The summed E-state index contributed by atoms with van der Waals surface area (Å²) in [6, 6.07) is 8.13. The molecule has 1 aliphatic rings. The van der Waals surface area contributed by atoms with Crippen LogP contribution in [0.1, 0.15) is 24.9 Å². The average molecular weight is 327 g/mol. The molecular weight excluding hydrogens is 308 g/mol. The Morgan fingerprint density at radius 2 is 2.26 bits per heavy atom. The monoisotopic (exact) mass is 326 g/mol. The second-order valence-electron chi connectivity index (χ2n) is 4.77. The summed E-state index contributed by atoms with van der Waals surface area (Å²) >= 11 is 3.40. The van der Waals surface area contributed by atoms with Crippen molar-refractivity contribution in [3.05, 3.63) is 34.3 Å². The molecule has 0 aromatic heterocycles. The molecule has 1 aromatic rings. The molecule has 0 spiro atoms. The summed E-state index contributed by atoms with van der Waals surface area (Å²) < 4.78 is 6.38. The highest BCUT2D eigenvalue weighted by Crippen LogP contribution is 2.16. The number of ether oxygens (including phenoxy) is 1. The SMILES string of the molecule is CC(NC(=O)CC1COCCN1)c1ccc(Br)cc1. The molecule has 1 aromatic carbocycles. The van der Waals surface area contributed by atoms with E-state index in [1.807, 2.05) is 31.2 Å². The van der Waals surface area contributed by atoms with Gasteiger partial charge in [0.2, 0.25) is 5.91 Å². The fourth-order valence-electron chi connectivity index (χ4n) is 2.11. The third-order valence-corrected chi connectivity index (χ3v) is 3.71. The lowest BCUT2D eigenvalue weighted by Crippen LogP contribution is -2.44. The van der Waals surface area contributed by atoms with Gasteiger partial charge in [-0.25, -0.2) is 0 Å². The van der Waals surface area contributed by atoms with E-state index >= 15 is 0 Å². The molecule has 1 heterocycles. The van der Waals surface area contributed by atoms with Crippen LogP contribution in [0.3, 0.4) is 0 Å². The van der Waals surface area contributed by atoms with Gasteiger partial charge in [-0.05, 0) is 24.6 Å². The summed E-state index contributed by atoms with van der Waals surface area (Å²) in [4.78, 5) is 11.9. The van der Waals surface area contributed by atoms with Crippen molar-refractivity contribution >= 4 is 21.8 Å². The van der Waals surface area contributed by atoms with Gasteiger partial charge < -0.3 is 15.4 Å². The van der Waals surface area contributed by atoms with Gasteiger partial charge in [-0.2, -0.15) is 0 Å². The van der Waals surface area contributed by atoms with Crippen LogP contribution in [0.2, 0.25) is 0 Å². The molecule has 1 saturated heterocycles. The van der Waals surface area contributed by atoms with Crippen molar-refractivity contribution in [1.29, 1.82) is 0 Å². The minimum absolute atomic E-state index is 0.0186. The predicted molar refractivity (Wildman–Crippen MR) is 77.9 cm³/mol. The molecule has 4 nitrogen and oxygen atoms in total. The summed E-state index contributed by atoms with van der Waals surface area (Å²) in [5, 5.41) is 6.29. The van der Waals surface area contributed by atoms with Crippen molar-refractivity contribution in [2.45, 2.75) is 25.4 Å². The largest absolute Gasteiger partial charge is 0.378 e. The number of nitrogens with one attached hydrogen (secondary N) is 2. The Morgan fingerprint density at radius 1 is 1.53 bits per heavy atom. The molecule has 1 fully saturated rings. The van der Waals surface area contributed by atoms with Gasteiger partial charge in [-0.15, -0.1) is 0 Å². The molecule has 104 valence electrons. The maximum atomic E-state index is 11.9. The summed E-state index contributed by atoms with van der Waals surface area (Å²) in [5.41, 5.74) is 1.10. The molecule has 5 heteroatoms. The van der Waals surface area contributed by atoms with Crippen LogP contribution in [-0.2, 0) is 9.53 Å². The number of carbonyl (C=O) groups is 1. The Balaban J connectivity index is 1.82. The van der Waals surface area contributed by atoms with Gasteiger partial charge in [-0.3, -0.25) is 4.79 Å². The second-order valence-corrected chi connectivity index (χ2v) is 5.69. The Hall–Kier alpha value is -0.910. The predicted octanol–water partition coefficient (Wildman–Crippen LogP) is 2.00. The smallest absolute Gasteiger partial charge is 0.222 e. The molecule has 1 amide bonds. The van der Waals surface area contributed by atoms with E-state index in [-0.39, 0.29) is 18.0 Å². The van der Waals surface area contributed by atoms with Gasteiger partial charge in [0.05, 0.1) is 19.3 Å². The molecule has 0 bridgehead atoms. The quantitative estimate of drug-likeness (QED) is 0.889. The molecule has 0 radical (unpaired) electrons. The first-order valence-corrected chi connectivity index (χ1v) is 7.30. The highest BCUT2D eigenvalue weighted by molar-refractivity contribution is 9.10. The average Bonchev–Trinajstić information content (AvgIpc) is 2.40. The fourth-order valence-corrected chi connectivity index (χ4v) is 2.37. The highest BCUT2D eigenvalue weighted by Gasteiger charge is 2.18. The molecule has 0 aliphatic carbocycles. The van der Waals surface area contributed by atoms with Gasteiger partial charge in [0.25, 0.3) is 0 Å². The lowest BCUT2D eigenvalue weighted by atomic mass is 10.1. The summed E-state index contributed by atoms with van der Waals surface area (Å²) in [5.74, 6) is 0.0541. The molecule has 2 atom stereocenters. The maximum Gasteiger partial charge on any atom is 0.222 e. The van der Waals surface area contributed by atoms with Crippen LogP contribution < -0.4 is 10.6 Å². The highest BCUT2D eigenvalue weighted by atomic mass is 79.9. The van der Waals surface area contributed by atoms with Crippen molar-refractivity contribution in [2.75, 3.05) is 19.8 Å². The Kier molecular flexibility index (Phi) is 5.36. The van der Waals surface area contributed by atoms with Crippen LogP contribution >= 0.6 is 15.9 Å². The minimum Gasteiger partial charge on any atom is -0.378 e. The summed E-state index contributed by atoms with van der Waals surface area (Å²) in [6.45, 7) is 4.15. The second kappa shape index (κ2) is 7.03. The lowest BCUT2D eigenvalue weighted by molar-refractivity contribution is -0.122. The van der Waals surface area contributed by atoms with E-state index in [4.69, 9.17) is 4.74 Å². The Morgan fingerprint density at radius 3 is 2.89 bits per heavy atom. The van der Waals surface area contributed by atoms with Crippen molar-refractivity contribution < 1.29 is 9.53 Å². The number of morpholine rings is 1. The van der Waals surface area contributed by atoms with E-state index in [9.17, 15) is 4.79 Å². The standard InChI is InChI=1S/C14H19BrN2O2/c1-10(11-2-4-12(15)5-3-11)17-14(18)8-13-9-19-7-6-16-13/h2-5,10,13,16H,6-9H2,1H3,(H,17,18). The topological polar surface area (TPSA) is 50.4 Å². The number of halogens is 1. The van der Waals surface area contributed by atoms with E-state index in [1.54, 1.807) is 0 Å². The van der Waals surface area contributed by atoms with Gasteiger partial charge in [0.15, 0.2) is 0 Å². The Bertz CT molecular complexity index is 416. The molecule has 2 N–H and O–H groups in total. The molecular formula is C14H19BrN2O2. The molecule has 0 saturated carbocycles. The number of carbonyl (C=O) groups excluding carboxylic acids is 1. The summed E-state index contributed by atoms with van der Waals surface area (Å²) in [7, 11) is 0. The number of hydrogen-bond donors (Lipinski definition) is 2. The zero-order valence-corrected chi connectivity index (χ0v) is 12.6. The van der Waals surface area contributed by atoms with E-state index < -0.39 is 0 Å². The third-order valence-electron chi connectivity index (χ3n) is 3.18. The molecule has 1 aliphatic heterocycles. The normalized spacial score (nSPS) is 20.8. The minimum atomic E-state index is 0.0186. The van der Waals surface area contributed by atoms with E-state index in [1.165, 1.54) is 0 Å². The zero-order valence-electron chi connectivity index (χ0n) is 11.0. The third kappa shape index (κ3) is 4.60. The van der Waals surface area contributed by atoms with Gasteiger partial charge in [0.1, 0.15) is 0 Å². The summed E-state index contributed by atoms with van der Waals surface area (Å²) in [6.07, 6.45) is 0.459. The number of hydrogen-bond acceptors (Lipinski definition) is 3. The van der Waals surface area contributed by atoms with Gasteiger partial charge in [0, 0.05) is 23.5 Å². The first kappa shape index (κ1) is 14.5. The van der Waals surface area contributed by atoms with Crippen molar-refractivity contribution in [1.82, 2.24) is 10.6 Å². The fraction of sp³-hybridized carbons (Fsp3) is 0.500. The van der Waals surface area contributed by atoms with E-state index in [0.717, 1.165) is 23.2 Å². The van der Waals surface area contributed by atoms with E-state index in [0.29, 0.717) is 13.0 Å². The van der Waals surface area contributed by atoms with E-state index in [2.05, 4.69) is 26.6 Å². The lowest BCUT2D eigenvalue weighted by Gasteiger charge is -2.24. The molecule has 2 rings (SSSR count). The van der Waals surface area contributed by atoms with Crippen molar-refractivity contribution in [3.63, 3.8) is 0 Å². The van der Waals surface area contributed by atoms with Crippen LogP contribution in [0.25, 0.3) is 0 Å². The van der Waals surface area contributed by atoms with Crippen LogP contribution in [0.15, 0.2) is 28.7 Å². The number of amides is 1. The molecule has 19 heavy (non-hydrogen) atoms. The van der Waals surface area contributed by atoms with Crippen LogP contribution in [0, 0.1) is 0 Å².